The largest absolute Gasteiger partial charge is 0.496 e. The number of nitrogens with one attached hydrogen (secondary N) is 1. The predicted molar refractivity (Wildman–Crippen MR) is 78.6 cm³/mol. The predicted octanol–water partition coefficient (Wildman–Crippen LogP) is 3.92. The average molecular weight is 270 g/mol. The van der Waals surface area contributed by atoms with Gasteiger partial charge in [0.2, 0.25) is 0 Å². The highest BCUT2D eigenvalue weighted by Crippen LogP contribution is 2.31. The van der Waals surface area contributed by atoms with Gasteiger partial charge in [-0.05, 0) is 55.1 Å². The topological polar surface area (TPSA) is 21.3 Å². The molecular formula is C15H24ClNO. The zero-order valence-corrected chi connectivity index (χ0v) is 12.6. The summed E-state index contributed by atoms with van der Waals surface area (Å²) in [5, 5.41) is 4.14. The second-order valence-electron chi connectivity index (χ2n) is 5.40. The van der Waals surface area contributed by atoms with E-state index in [9.17, 15) is 0 Å². The number of rotatable bonds is 7. The van der Waals surface area contributed by atoms with Crippen molar-refractivity contribution in [1.29, 1.82) is 0 Å². The molecule has 0 saturated heterocycles. The lowest BCUT2D eigenvalue weighted by atomic mass is 9.82. The molecule has 3 heteroatoms. The summed E-state index contributed by atoms with van der Waals surface area (Å²) in [6.07, 6.45) is 2.11. The van der Waals surface area contributed by atoms with Crippen LogP contribution in [0.4, 0.5) is 0 Å². The number of halogens is 1. The summed E-state index contributed by atoms with van der Waals surface area (Å²) in [5.41, 5.74) is 1.42. The maximum atomic E-state index is 6.06. The van der Waals surface area contributed by atoms with Crippen molar-refractivity contribution in [2.24, 2.45) is 5.41 Å². The van der Waals surface area contributed by atoms with E-state index in [1.54, 1.807) is 7.11 Å². The lowest BCUT2D eigenvalue weighted by Gasteiger charge is -2.26. The summed E-state index contributed by atoms with van der Waals surface area (Å²) < 4.78 is 5.40. The average Bonchev–Trinajstić information content (AvgIpc) is 2.29. The van der Waals surface area contributed by atoms with Crippen molar-refractivity contribution in [3.05, 3.63) is 28.8 Å². The van der Waals surface area contributed by atoms with Crippen LogP contribution in [0.25, 0.3) is 0 Å². The monoisotopic (exact) mass is 269 g/mol. The molecule has 0 radical (unpaired) electrons. The lowest BCUT2D eigenvalue weighted by molar-refractivity contribution is 0.319. The Hall–Kier alpha value is -0.730. The van der Waals surface area contributed by atoms with Crippen molar-refractivity contribution in [3.63, 3.8) is 0 Å². The van der Waals surface area contributed by atoms with Crippen molar-refractivity contribution < 1.29 is 4.74 Å². The van der Waals surface area contributed by atoms with Gasteiger partial charge in [0.1, 0.15) is 5.75 Å². The summed E-state index contributed by atoms with van der Waals surface area (Å²) >= 11 is 6.06. The Balaban J connectivity index is 2.72. The van der Waals surface area contributed by atoms with E-state index in [-0.39, 0.29) is 5.41 Å². The van der Waals surface area contributed by atoms with Crippen LogP contribution >= 0.6 is 11.6 Å². The van der Waals surface area contributed by atoms with Crippen LogP contribution in [0.3, 0.4) is 0 Å². The lowest BCUT2D eigenvalue weighted by Crippen LogP contribution is -2.24. The van der Waals surface area contributed by atoms with Gasteiger partial charge in [0.15, 0.2) is 0 Å². The first-order valence-electron chi connectivity index (χ1n) is 6.51. The molecule has 0 aliphatic carbocycles. The van der Waals surface area contributed by atoms with Crippen LogP contribution in [0.1, 0.15) is 32.8 Å². The Morgan fingerprint density at radius 3 is 2.67 bits per heavy atom. The highest BCUT2D eigenvalue weighted by Gasteiger charge is 2.20. The van der Waals surface area contributed by atoms with Gasteiger partial charge in [-0.1, -0.05) is 32.4 Å². The van der Waals surface area contributed by atoms with E-state index in [0.717, 1.165) is 36.7 Å². The smallest absolute Gasteiger partial charge is 0.122 e. The van der Waals surface area contributed by atoms with Crippen molar-refractivity contribution in [3.8, 4) is 5.75 Å². The fraction of sp³-hybridized carbons (Fsp3) is 0.600. The number of hydrogen-bond acceptors (Lipinski definition) is 2. The molecule has 1 N–H and O–H groups in total. The molecule has 0 unspecified atom stereocenters. The van der Waals surface area contributed by atoms with Gasteiger partial charge in [-0.3, -0.25) is 0 Å². The molecular weight excluding hydrogens is 246 g/mol. The number of ether oxygens (including phenoxy) is 1. The Morgan fingerprint density at radius 2 is 2.06 bits per heavy atom. The zero-order valence-electron chi connectivity index (χ0n) is 11.8. The molecule has 1 aromatic carbocycles. The molecule has 0 bridgehead atoms. The summed E-state index contributed by atoms with van der Waals surface area (Å²) in [4.78, 5) is 0. The summed E-state index contributed by atoms with van der Waals surface area (Å²) in [6.45, 7) is 8.77. The fourth-order valence-corrected chi connectivity index (χ4v) is 2.29. The molecule has 2 nitrogen and oxygen atoms in total. The van der Waals surface area contributed by atoms with Crippen LogP contribution in [-0.4, -0.2) is 20.2 Å². The normalized spacial score (nSPS) is 11.6. The minimum atomic E-state index is 0.236. The van der Waals surface area contributed by atoms with Gasteiger partial charge in [-0.15, -0.1) is 0 Å². The van der Waals surface area contributed by atoms with E-state index >= 15 is 0 Å². The summed E-state index contributed by atoms with van der Waals surface area (Å²) in [5.74, 6) is 0.927. The van der Waals surface area contributed by atoms with Gasteiger partial charge in [-0.2, -0.15) is 0 Å². The van der Waals surface area contributed by atoms with Crippen LogP contribution < -0.4 is 10.1 Å². The van der Waals surface area contributed by atoms with Crippen LogP contribution in [0.2, 0.25) is 5.02 Å². The quantitative estimate of drug-likeness (QED) is 0.758. The van der Waals surface area contributed by atoms with Gasteiger partial charge >= 0.3 is 0 Å². The SMILES string of the molecule is CCNCCC(C)(C)Cc1cc(Cl)ccc1OC. The highest BCUT2D eigenvalue weighted by molar-refractivity contribution is 6.30. The van der Waals surface area contributed by atoms with Crippen LogP contribution in [-0.2, 0) is 6.42 Å². The van der Waals surface area contributed by atoms with Crippen molar-refractivity contribution in [2.75, 3.05) is 20.2 Å². The minimum absolute atomic E-state index is 0.236. The van der Waals surface area contributed by atoms with E-state index in [1.165, 1.54) is 5.56 Å². The highest BCUT2D eigenvalue weighted by atomic mass is 35.5. The molecule has 0 aliphatic rings. The molecule has 1 aromatic rings. The first-order chi connectivity index (χ1) is 8.48. The second kappa shape index (κ2) is 7.01. The molecule has 0 amide bonds. The standard InChI is InChI=1S/C15H24ClNO/c1-5-17-9-8-15(2,3)11-12-10-13(16)6-7-14(12)18-4/h6-7,10,17H,5,8-9,11H2,1-4H3. The Labute approximate surface area is 116 Å². The van der Waals surface area contributed by atoms with E-state index in [4.69, 9.17) is 16.3 Å². The summed E-state index contributed by atoms with van der Waals surface area (Å²) in [7, 11) is 1.71. The van der Waals surface area contributed by atoms with E-state index < -0.39 is 0 Å². The Kier molecular flexibility index (Phi) is 5.97. The van der Waals surface area contributed by atoms with E-state index in [2.05, 4.69) is 26.1 Å². The minimum Gasteiger partial charge on any atom is -0.496 e. The second-order valence-corrected chi connectivity index (χ2v) is 5.84. The van der Waals surface area contributed by atoms with Gasteiger partial charge in [0, 0.05) is 5.02 Å². The molecule has 0 saturated carbocycles. The third-order valence-electron chi connectivity index (χ3n) is 3.14. The number of methoxy groups -OCH3 is 1. The van der Waals surface area contributed by atoms with Crippen molar-refractivity contribution in [2.45, 2.75) is 33.6 Å². The Morgan fingerprint density at radius 1 is 1.33 bits per heavy atom. The van der Waals surface area contributed by atoms with Crippen LogP contribution in [0.15, 0.2) is 18.2 Å². The molecule has 18 heavy (non-hydrogen) atoms. The maximum Gasteiger partial charge on any atom is 0.122 e. The van der Waals surface area contributed by atoms with Gasteiger partial charge in [0.25, 0.3) is 0 Å². The third kappa shape index (κ3) is 4.87. The molecule has 0 fully saturated rings. The van der Waals surface area contributed by atoms with Gasteiger partial charge < -0.3 is 10.1 Å². The van der Waals surface area contributed by atoms with Crippen molar-refractivity contribution in [1.82, 2.24) is 5.32 Å². The van der Waals surface area contributed by atoms with E-state index in [1.807, 2.05) is 18.2 Å². The van der Waals surface area contributed by atoms with Crippen molar-refractivity contribution >= 4 is 11.6 Å². The Bertz CT molecular complexity index is 377. The first-order valence-corrected chi connectivity index (χ1v) is 6.89. The third-order valence-corrected chi connectivity index (χ3v) is 3.38. The first kappa shape index (κ1) is 15.3. The summed E-state index contributed by atoms with van der Waals surface area (Å²) in [6, 6.07) is 5.82. The molecule has 0 heterocycles. The van der Waals surface area contributed by atoms with Gasteiger partial charge in [-0.25, -0.2) is 0 Å². The van der Waals surface area contributed by atoms with E-state index in [0.29, 0.717) is 0 Å². The molecule has 0 spiro atoms. The number of hydrogen-bond donors (Lipinski definition) is 1. The number of benzene rings is 1. The maximum absolute atomic E-state index is 6.06. The van der Waals surface area contributed by atoms with Crippen LogP contribution in [0.5, 0.6) is 5.75 Å². The molecule has 102 valence electrons. The molecule has 0 atom stereocenters. The van der Waals surface area contributed by atoms with Gasteiger partial charge in [0.05, 0.1) is 7.11 Å². The zero-order chi connectivity index (χ0) is 13.6. The fourth-order valence-electron chi connectivity index (χ4n) is 2.09. The van der Waals surface area contributed by atoms with Crippen LogP contribution in [0, 0.1) is 5.41 Å². The molecule has 1 rings (SSSR count). The molecule has 0 aromatic heterocycles. The molecule has 0 aliphatic heterocycles.